The lowest BCUT2D eigenvalue weighted by Gasteiger charge is -2.14. The summed E-state index contributed by atoms with van der Waals surface area (Å²) in [5, 5.41) is 3.61. The van der Waals surface area contributed by atoms with E-state index in [0.717, 1.165) is 16.3 Å². The second kappa shape index (κ2) is 11.1. The van der Waals surface area contributed by atoms with Gasteiger partial charge in [-0.2, -0.15) is 0 Å². The van der Waals surface area contributed by atoms with Crippen LogP contribution in [0.4, 0.5) is 0 Å². The Hall–Kier alpha value is -1.99. The maximum absolute atomic E-state index is 12.4. The summed E-state index contributed by atoms with van der Waals surface area (Å²) in [7, 11) is 0. The van der Waals surface area contributed by atoms with Crippen LogP contribution in [0.2, 0.25) is 0 Å². The standard InChI is InChI=1S/C20H22N4OS.2ClH/c1-13(2)14-6-8-15(9-7-14)16(21)11-23-19(25)18-12-24-20(26-18)17-5-3-4-10-22-17;;/h3-10,12-13,16H,11,21H2,1-2H3,(H,23,25);2*1H. The molecule has 3 N–H and O–H groups in total. The van der Waals surface area contributed by atoms with E-state index in [1.54, 1.807) is 12.4 Å². The SMILES string of the molecule is CC(C)c1ccc(C(N)CNC(=O)c2cnc(-c3ccccn3)s2)cc1.Cl.Cl. The lowest BCUT2D eigenvalue weighted by molar-refractivity contribution is 0.0955. The lowest BCUT2D eigenvalue weighted by Crippen LogP contribution is -2.31. The first-order valence-electron chi connectivity index (χ1n) is 8.55. The average molecular weight is 439 g/mol. The molecular weight excluding hydrogens is 415 g/mol. The van der Waals surface area contributed by atoms with Gasteiger partial charge in [-0.15, -0.1) is 36.2 Å². The van der Waals surface area contributed by atoms with Gasteiger partial charge in [0.15, 0.2) is 0 Å². The number of carbonyl (C=O) groups excluding carboxylic acids is 1. The van der Waals surface area contributed by atoms with Crippen molar-refractivity contribution < 1.29 is 4.79 Å². The fourth-order valence-electron chi connectivity index (χ4n) is 2.52. The third kappa shape index (κ3) is 6.01. The zero-order chi connectivity index (χ0) is 18.5. The van der Waals surface area contributed by atoms with Crippen LogP contribution in [0.15, 0.2) is 54.9 Å². The zero-order valence-electron chi connectivity index (χ0n) is 15.7. The van der Waals surface area contributed by atoms with Crippen LogP contribution in [0.25, 0.3) is 10.7 Å². The van der Waals surface area contributed by atoms with E-state index in [1.807, 2.05) is 30.3 Å². The highest BCUT2D eigenvalue weighted by Gasteiger charge is 2.14. The molecule has 0 fully saturated rings. The minimum atomic E-state index is -0.247. The second-order valence-corrected chi connectivity index (χ2v) is 7.41. The summed E-state index contributed by atoms with van der Waals surface area (Å²) in [6.07, 6.45) is 3.28. The highest BCUT2D eigenvalue weighted by molar-refractivity contribution is 7.16. The molecule has 2 heterocycles. The molecule has 1 amide bonds. The van der Waals surface area contributed by atoms with Crippen molar-refractivity contribution in [2.24, 2.45) is 5.73 Å². The van der Waals surface area contributed by atoms with Gasteiger partial charge in [-0.1, -0.05) is 44.2 Å². The number of carbonyl (C=O) groups is 1. The summed E-state index contributed by atoms with van der Waals surface area (Å²) in [5.74, 6) is 0.318. The topological polar surface area (TPSA) is 80.9 Å². The van der Waals surface area contributed by atoms with Gasteiger partial charge in [0.05, 0.1) is 11.9 Å². The van der Waals surface area contributed by atoms with Crippen LogP contribution in [-0.4, -0.2) is 22.4 Å². The van der Waals surface area contributed by atoms with Crippen molar-refractivity contribution in [1.29, 1.82) is 0 Å². The van der Waals surface area contributed by atoms with Crippen LogP contribution < -0.4 is 11.1 Å². The van der Waals surface area contributed by atoms with Gasteiger partial charge in [-0.05, 0) is 29.2 Å². The summed E-state index contributed by atoms with van der Waals surface area (Å²) < 4.78 is 0. The monoisotopic (exact) mass is 438 g/mol. The average Bonchev–Trinajstić information content (AvgIpc) is 3.17. The van der Waals surface area contributed by atoms with Gasteiger partial charge < -0.3 is 11.1 Å². The van der Waals surface area contributed by atoms with Crippen molar-refractivity contribution in [3.05, 3.63) is 70.9 Å². The molecule has 0 bridgehead atoms. The number of halogens is 2. The fraction of sp³-hybridized carbons (Fsp3) is 0.250. The summed E-state index contributed by atoms with van der Waals surface area (Å²) >= 11 is 1.32. The van der Waals surface area contributed by atoms with Crippen LogP contribution >= 0.6 is 36.2 Å². The quantitative estimate of drug-likeness (QED) is 0.588. The van der Waals surface area contributed by atoms with Gasteiger partial charge in [0, 0.05) is 18.8 Å². The number of hydrogen-bond donors (Lipinski definition) is 2. The summed E-state index contributed by atoms with van der Waals surface area (Å²) in [4.78, 5) is 21.4. The molecule has 3 aromatic rings. The van der Waals surface area contributed by atoms with Gasteiger partial charge in [0.25, 0.3) is 5.91 Å². The Bertz CT molecular complexity index is 869. The summed E-state index contributed by atoms with van der Waals surface area (Å²) in [6.45, 7) is 4.68. The Morgan fingerprint density at radius 1 is 1.07 bits per heavy atom. The van der Waals surface area contributed by atoms with Gasteiger partial charge in [0.1, 0.15) is 9.88 Å². The lowest BCUT2D eigenvalue weighted by atomic mass is 9.99. The number of nitrogens with zero attached hydrogens (tertiary/aromatic N) is 2. The van der Waals surface area contributed by atoms with E-state index < -0.39 is 0 Å². The number of nitrogens with one attached hydrogen (secondary N) is 1. The third-order valence-corrected chi connectivity index (χ3v) is 5.15. The minimum absolute atomic E-state index is 0. The largest absolute Gasteiger partial charge is 0.349 e. The Kier molecular flexibility index (Phi) is 9.55. The highest BCUT2D eigenvalue weighted by atomic mass is 35.5. The van der Waals surface area contributed by atoms with E-state index in [2.05, 4.69) is 41.3 Å². The number of pyridine rings is 1. The molecular formula is C20H24Cl2N4OS. The molecule has 5 nitrogen and oxygen atoms in total. The molecule has 0 aliphatic rings. The molecule has 0 saturated carbocycles. The van der Waals surface area contributed by atoms with Crippen molar-refractivity contribution in [2.75, 3.05) is 6.54 Å². The van der Waals surface area contributed by atoms with Crippen LogP contribution in [0.5, 0.6) is 0 Å². The van der Waals surface area contributed by atoms with Gasteiger partial charge in [-0.25, -0.2) is 4.98 Å². The molecule has 3 rings (SSSR count). The predicted molar refractivity (Wildman–Crippen MR) is 120 cm³/mol. The normalized spacial score (nSPS) is 11.3. The Morgan fingerprint density at radius 3 is 2.36 bits per heavy atom. The van der Waals surface area contributed by atoms with Crippen molar-refractivity contribution in [2.45, 2.75) is 25.8 Å². The highest BCUT2D eigenvalue weighted by Crippen LogP contribution is 2.23. The molecule has 0 radical (unpaired) electrons. The first kappa shape index (κ1) is 24.0. The zero-order valence-corrected chi connectivity index (χ0v) is 18.1. The molecule has 150 valence electrons. The number of hydrogen-bond acceptors (Lipinski definition) is 5. The predicted octanol–water partition coefficient (Wildman–Crippen LogP) is 4.60. The van der Waals surface area contributed by atoms with Crippen molar-refractivity contribution >= 4 is 42.1 Å². The molecule has 1 unspecified atom stereocenters. The number of rotatable bonds is 6. The van der Waals surface area contributed by atoms with Gasteiger partial charge in [0.2, 0.25) is 0 Å². The summed E-state index contributed by atoms with van der Waals surface area (Å²) in [5.41, 5.74) is 9.25. The summed E-state index contributed by atoms with van der Waals surface area (Å²) in [6, 6.07) is 13.6. The molecule has 2 aromatic heterocycles. The van der Waals surface area contributed by atoms with Crippen LogP contribution in [0.1, 0.15) is 46.6 Å². The van der Waals surface area contributed by atoms with E-state index in [1.165, 1.54) is 16.9 Å². The molecule has 0 aliphatic carbocycles. The van der Waals surface area contributed by atoms with Crippen molar-refractivity contribution in [3.8, 4) is 10.7 Å². The van der Waals surface area contributed by atoms with E-state index in [4.69, 9.17) is 5.73 Å². The van der Waals surface area contributed by atoms with Crippen molar-refractivity contribution in [1.82, 2.24) is 15.3 Å². The fourth-order valence-corrected chi connectivity index (χ4v) is 3.33. The van der Waals surface area contributed by atoms with Crippen LogP contribution in [-0.2, 0) is 0 Å². The number of benzene rings is 1. The van der Waals surface area contributed by atoms with Gasteiger partial charge in [-0.3, -0.25) is 9.78 Å². The minimum Gasteiger partial charge on any atom is -0.349 e. The molecule has 8 heteroatoms. The maximum Gasteiger partial charge on any atom is 0.263 e. The Balaban J connectivity index is 0.00000196. The maximum atomic E-state index is 12.4. The number of aromatic nitrogens is 2. The third-order valence-electron chi connectivity index (χ3n) is 4.13. The molecule has 0 saturated heterocycles. The molecule has 1 atom stereocenters. The molecule has 0 aliphatic heterocycles. The van der Waals surface area contributed by atoms with Crippen LogP contribution in [0, 0.1) is 0 Å². The van der Waals surface area contributed by atoms with E-state index in [0.29, 0.717) is 17.3 Å². The smallest absolute Gasteiger partial charge is 0.263 e. The first-order chi connectivity index (χ1) is 12.5. The molecule has 28 heavy (non-hydrogen) atoms. The van der Waals surface area contributed by atoms with Crippen LogP contribution in [0.3, 0.4) is 0 Å². The Labute approximate surface area is 181 Å². The van der Waals surface area contributed by atoms with E-state index in [9.17, 15) is 4.79 Å². The Morgan fingerprint density at radius 2 is 1.75 bits per heavy atom. The first-order valence-corrected chi connectivity index (χ1v) is 9.37. The van der Waals surface area contributed by atoms with Gasteiger partial charge >= 0.3 is 0 Å². The van der Waals surface area contributed by atoms with E-state index in [-0.39, 0.29) is 36.8 Å². The molecule has 1 aromatic carbocycles. The molecule has 0 spiro atoms. The van der Waals surface area contributed by atoms with E-state index >= 15 is 0 Å². The number of amides is 1. The second-order valence-electron chi connectivity index (χ2n) is 6.38. The number of nitrogens with two attached hydrogens (primary N) is 1. The number of thiazole rings is 1. The van der Waals surface area contributed by atoms with Crippen molar-refractivity contribution in [3.63, 3.8) is 0 Å².